The van der Waals surface area contributed by atoms with Crippen LogP contribution in [0.2, 0.25) is 0 Å². The van der Waals surface area contributed by atoms with Gasteiger partial charge in [0.2, 0.25) is 0 Å². The van der Waals surface area contributed by atoms with Crippen molar-refractivity contribution in [2.24, 2.45) is 0 Å². The zero-order chi connectivity index (χ0) is 17.8. The second-order valence-corrected chi connectivity index (χ2v) is 12.7. The number of halogens is 2. The summed E-state index contributed by atoms with van der Waals surface area (Å²) < 4.78 is 24.8. The molecule has 1 N–H and O–H groups in total. The minimum atomic E-state index is -1.51. The van der Waals surface area contributed by atoms with Gasteiger partial charge in [0, 0.05) is 6.07 Å². The van der Waals surface area contributed by atoms with Crippen LogP contribution in [-0.2, 0) is 6.42 Å². The molecule has 0 unspecified atom stereocenters. The molecule has 1 aromatic rings. The summed E-state index contributed by atoms with van der Waals surface area (Å²) in [4.78, 5) is 2.02. The average Bonchev–Trinajstić information content (AvgIpc) is 2.57. The van der Waals surface area contributed by atoms with Gasteiger partial charge in [-0.25, -0.2) is 0 Å². The zero-order valence-electron chi connectivity index (χ0n) is 15.1. The molecular formula is C19H30I2O3. The van der Waals surface area contributed by atoms with Gasteiger partial charge in [0.25, 0.3) is 0 Å². The number of methoxy groups -OCH3 is 2. The molecule has 24 heavy (non-hydrogen) atoms. The molecule has 0 saturated heterocycles. The summed E-state index contributed by atoms with van der Waals surface area (Å²) in [6.07, 6.45) is 6.86. The number of allylic oxidation sites excluding steroid dienone is 2. The van der Waals surface area contributed by atoms with Crippen LogP contribution >= 0.6 is 41.0 Å². The Morgan fingerprint density at radius 3 is 2.46 bits per heavy atom. The minimum Gasteiger partial charge on any atom is -0.497 e. The van der Waals surface area contributed by atoms with Crippen molar-refractivity contribution in [3.63, 3.8) is 0 Å². The van der Waals surface area contributed by atoms with Crippen LogP contribution in [0.5, 0.6) is 11.5 Å². The molecule has 1 rings (SSSR count). The van der Waals surface area contributed by atoms with Gasteiger partial charge in [0.05, 0.1) is 14.2 Å². The number of hydrogen-bond acceptors (Lipinski definition) is 3. The molecule has 0 amide bonds. The van der Waals surface area contributed by atoms with Crippen molar-refractivity contribution >= 4 is 45.0 Å². The molecule has 0 aliphatic rings. The molecule has 0 spiro atoms. The fraction of sp³-hybridized carbons (Fsp3) is 0.526. The first-order chi connectivity index (χ1) is 11.5. The molecule has 0 atom stereocenters. The Kier molecular flexibility index (Phi) is 12.0. The van der Waals surface area contributed by atoms with E-state index in [1.807, 2.05) is 11.0 Å². The van der Waals surface area contributed by atoms with Crippen molar-refractivity contribution in [1.82, 2.24) is 0 Å². The van der Waals surface area contributed by atoms with Gasteiger partial charge in [-0.2, -0.15) is 0 Å². The van der Waals surface area contributed by atoms with Gasteiger partial charge in [-0.15, -0.1) is 0 Å². The van der Waals surface area contributed by atoms with Gasteiger partial charge in [0.1, 0.15) is 11.5 Å². The molecule has 0 fully saturated rings. The van der Waals surface area contributed by atoms with Gasteiger partial charge in [-0.3, -0.25) is 0 Å². The van der Waals surface area contributed by atoms with Crippen molar-refractivity contribution < 1.29 is 12.9 Å². The van der Waals surface area contributed by atoms with Crippen molar-refractivity contribution in [3.05, 3.63) is 35.4 Å². The maximum absolute atomic E-state index is 9.42. The summed E-state index contributed by atoms with van der Waals surface area (Å²) in [6, 6.07) is 6.07. The summed E-state index contributed by atoms with van der Waals surface area (Å²) >= 11 is -1.38. The van der Waals surface area contributed by atoms with Crippen molar-refractivity contribution in [2.75, 3.05) is 28.0 Å². The van der Waals surface area contributed by atoms with E-state index in [-0.39, 0.29) is 20.7 Å². The van der Waals surface area contributed by atoms with Crippen LogP contribution in [0, 0.1) is 0 Å². The van der Waals surface area contributed by atoms with E-state index in [4.69, 9.17) is 9.47 Å². The van der Waals surface area contributed by atoms with Crippen LogP contribution in [0.15, 0.2) is 29.8 Å². The van der Waals surface area contributed by atoms with Crippen molar-refractivity contribution in [3.8, 4) is 11.5 Å². The van der Waals surface area contributed by atoms with Crippen LogP contribution in [0.25, 0.3) is 0 Å². The predicted octanol–water partition coefficient (Wildman–Crippen LogP) is 5.18. The fourth-order valence-electron chi connectivity index (χ4n) is 2.21. The Morgan fingerprint density at radius 1 is 1.21 bits per heavy atom. The second-order valence-electron chi connectivity index (χ2n) is 5.61. The quantitative estimate of drug-likeness (QED) is 0.176. The molecule has 5 heteroatoms. The molecule has 0 bridgehead atoms. The van der Waals surface area contributed by atoms with Gasteiger partial charge in [-0.05, 0) is 0 Å². The Morgan fingerprint density at radius 2 is 1.88 bits per heavy atom. The minimum absolute atomic E-state index is 0.131. The van der Waals surface area contributed by atoms with E-state index >= 15 is 0 Å². The van der Waals surface area contributed by atoms with E-state index in [0.717, 1.165) is 35.2 Å². The summed E-state index contributed by atoms with van der Waals surface area (Å²) in [5, 5.41) is 0. The summed E-state index contributed by atoms with van der Waals surface area (Å²) in [5.41, 5.74) is 2.73. The third kappa shape index (κ3) is 9.98. The molecule has 0 aliphatic heterocycles. The molecule has 3 nitrogen and oxygen atoms in total. The summed E-state index contributed by atoms with van der Waals surface area (Å²) in [7, 11) is 3.38. The second kappa shape index (κ2) is 13.1. The SMILES string of the molecule is COc1cc(C/C=I/CC/C=C(\C)CCCI(C)O)cc(OC)c1. The summed E-state index contributed by atoms with van der Waals surface area (Å²) in [6.45, 7) is 2.22. The van der Waals surface area contributed by atoms with Crippen LogP contribution in [0.3, 0.4) is 0 Å². The van der Waals surface area contributed by atoms with E-state index in [1.165, 1.54) is 22.0 Å². The maximum atomic E-state index is 9.42. The predicted molar refractivity (Wildman–Crippen MR) is 123 cm³/mol. The molecule has 0 aromatic heterocycles. The van der Waals surface area contributed by atoms with Crippen LogP contribution in [0.4, 0.5) is 0 Å². The van der Waals surface area contributed by atoms with Gasteiger partial charge >= 0.3 is 124 Å². The van der Waals surface area contributed by atoms with Crippen molar-refractivity contribution in [2.45, 2.75) is 32.6 Å². The molecule has 0 saturated carbocycles. The first kappa shape index (κ1) is 21.9. The first-order valence-corrected chi connectivity index (χ1v) is 15.5. The smallest absolute Gasteiger partial charge is 0.497 e. The fourth-order valence-corrected chi connectivity index (χ4v) is 5.63. The third-order valence-electron chi connectivity index (χ3n) is 3.52. The van der Waals surface area contributed by atoms with Crippen molar-refractivity contribution in [1.29, 1.82) is 0 Å². The molecule has 138 valence electrons. The Balaban J connectivity index is 2.33. The van der Waals surface area contributed by atoms with E-state index in [2.05, 4.69) is 29.1 Å². The third-order valence-corrected chi connectivity index (χ3v) is 8.16. The number of ether oxygens (including phenoxy) is 2. The summed E-state index contributed by atoms with van der Waals surface area (Å²) in [5.74, 6) is 1.71. The molecule has 1 aromatic carbocycles. The monoisotopic (exact) mass is 560 g/mol. The van der Waals surface area contributed by atoms with Gasteiger partial charge in [0.15, 0.2) is 0 Å². The number of alkyl halides is 3. The standard InChI is InChI=1S/C19H30I2O3/c1-16(8-6-12-21(2)22)7-5-10-20-11-9-17-13-18(23-3)15-19(14-17)24-4/h7,11,13-15,22H,5-6,8-10,12H2,1-4H3/b16-7+. The number of benzene rings is 1. The number of hydrogen-bond donors (Lipinski definition) is 1. The molecule has 0 aliphatic carbocycles. The Hall–Kier alpha value is -0.150. The molecule has 0 radical (unpaired) electrons. The first-order valence-electron chi connectivity index (χ1n) is 8.07. The van der Waals surface area contributed by atoms with Crippen LogP contribution < -0.4 is 9.47 Å². The molecular weight excluding hydrogens is 530 g/mol. The molecule has 0 heterocycles. The Labute approximate surface area is 164 Å². The van der Waals surface area contributed by atoms with Gasteiger partial charge < -0.3 is 9.47 Å². The van der Waals surface area contributed by atoms with E-state index in [0.29, 0.717) is 0 Å². The topological polar surface area (TPSA) is 38.7 Å². The van der Waals surface area contributed by atoms with Crippen LogP contribution in [-0.4, -0.2) is 35.5 Å². The van der Waals surface area contributed by atoms with Crippen LogP contribution in [0.1, 0.15) is 31.7 Å². The van der Waals surface area contributed by atoms with E-state index in [9.17, 15) is 3.44 Å². The zero-order valence-corrected chi connectivity index (χ0v) is 19.5. The van der Waals surface area contributed by atoms with Gasteiger partial charge in [-0.1, -0.05) is 0 Å². The Bertz CT molecular complexity index is 517. The van der Waals surface area contributed by atoms with E-state index in [1.54, 1.807) is 14.2 Å². The van der Waals surface area contributed by atoms with E-state index < -0.39 is 20.2 Å². The number of rotatable bonds is 11. The average molecular weight is 560 g/mol. The normalized spacial score (nSPS) is 12.9.